The molecular weight excluding hydrogens is 306 g/mol. The fraction of sp³-hybridized carbons (Fsp3) is 0.211. The first-order chi connectivity index (χ1) is 11.7. The van der Waals surface area contributed by atoms with Gasteiger partial charge in [-0.05, 0) is 31.2 Å². The van der Waals surface area contributed by atoms with Crippen molar-refractivity contribution in [1.82, 2.24) is 4.98 Å². The van der Waals surface area contributed by atoms with Crippen LogP contribution in [0.3, 0.4) is 0 Å². The predicted molar refractivity (Wildman–Crippen MR) is 92.5 cm³/mol. The molecule has 0 unspecified atom stereocenters. The fourth-order valence-electron chi connectivity index (χ4n) is 2.46. The molecule has 0 amide bonds. The van der Waals surface area contributed by atoms with E-state index in [1.807, 2.05) is 49.4 Å². The number of rotatable bonds is 6. The number of nitrogens with zero attached hydrogens (tertiary/aromatic N) is 1. The highest BCUT2D eigenvalue weighted by Crippen LogP contribution is 2.37. The van der Waals surface area contributed by atoms with Crippen LogP contribution in [0.15, 0.2) is 48.7 Å². The first-order valence-electron chi connectivity index (χ1n) is 7.66. The van der Waals surface area contributed by atoms with E-state index in [2.05, 4.69) is 4.98 Å². The molecule has 0 spiro atoms. The number of benzene rings is 2. The second-order valence-electron chi connectivity index (χ2n) is 5.04. The standard InChI is InChI=1S/C19H19NO4/c1-4-23-13-6-5-7-14(10-13)24-17-8-9-20-16-12-19(22-3)18(21-2)11-15(16)17/h5-12H,4H2,1-3H3. The summed E-state index contributed by atoms with van der Waals surface area (Å²) in [4.78, 5) is 4.37. The predicted octanol–water partition coefficient (Wildman–Crippen LogP) is 4.44. The van der Waals surface area contributed by atoms with Gasteiger partial charge in [-0.15, -0.1) is 0 Å². The Morgan fingerprint density at radius 3 is 2.38 bits per heavy atom. The fourth-order valence-corrected chi connectivity index (χ4v) is 2.46. The number of hydrogen-bond acceptors (Lipinski definition) is 5. The van der Waals surface area contributed by atoms with Crippen molar-refractivity contribution in [2.75, 3.05) is 20.8 Å². The maximum atomic E-state index is 6.04. The van der Waals surface area contributed by atoms with E-state index in [0.29, 0.717) is 29.6 Å². The second-order valence-corrected chi connectivity index (χ2v) is 5.04. The molecule has 0 bridgehead atoms. The minimum absolute atomic E-state index is 0.610. The van der Waals surface area contributed by atoms with Crippen molar-refractivity contribution in [3.63, 3.8) is 0 Å². The Labute approximate surface area is 140 Å². The molecule has 2 aromatic carbocycles. The van der Waals surface area contributed by atoms with E-state index >= 15 is 0 Å². The number of fused-ring (bicyclic) bond motifs is 1. The van der Waals surface area contributed by atoms with Crippen LogP contribution in [0.1, 0.15) is 6.92 Å². The summed E-state index contributed by atoms with van der Waals surface area (Å²) in [7, 11) is 3.20. The Kier molecular flexibility index (Phi) is 4.70. The minimum atomic E-state index is 0.610. The van der Waals surface area contributed by atoms with Gasteiger partial charge in [0.05, 0.1) is 26.3 Å². The molecule has 3 rings (SSSR count). The van der Waals surface area contributed by atoms with Gasteiger partial charge in [0.1, 0.15) is 17.2 Å². The molecule has 0 atom stereocenters. The molecule has 0 N–H and O–H groups in total. The van der Waals surface area contributed by atoms with Crippen LogP contribution in [0, 0.1) is 0 Å². The molecule has 0 aliphatic carbocycles. The average molecular weight is 325 g/mol. The van der Waals surface area contributed by atoms with E-state index in [1.165, 1.54) is 0 Å². The zero-order chi connectivity index (χ0) is 16.9. The number of methoxy groups -OCH3 is 2. The summed E-state index contributed by atoms with van der Waals surface area (Å²) in [6.45, 7) is 2.56. The van der Waals surface area contributed by atoms with Gasteiger partial charge in [-0.1, -0.05) is 6.07 Å². The number of aromatic nitrogens is 1. The van der Waals surface area contributed by atoms with Gasteiger partial charge in [-0.25, -0.2) is 0 Å². The molecule has 0 aliphatic heterocycles. The lowest BCUT2D eigenvalue weighted by molar-refractivity contribution is 0.338. The first-order valence-corrected chi connectivity index (χ1v) is 7.66. The van der Waals surface area contributed by atoms with Gasteiger partial charge in [0.25, 0.3) is 0 Å². The summed E-state index contributed by atoms with van der Waals surface area (Å²) in [6.07, 6.45) is 1.70. The molecule has 5 heteroatoms. The highest BCUT2D eigenvalue weighted by Gasteiger charge is 2.11. The van der Waals surface area contributed by atoms with Crippen molar-refractivity contribution < 1.29 is 18.9 Å². The third kappa shape index (κ3) is 3.20. The van der Waals surface area contributed by atoms with Gasteiger partial charge < -0.3 is 18.9 Å². The van der Waals surface area contributed by atoms with Gasteiger partial charge in [0.15, 0.2) is 11.5 Å². The summed E-state index contributed by atoms with van der Waals surface area (Å²) < 4.78 is 22.2. The van der Waals surface area contributed by atoms with Crippen molar-refractivity contribution in [3.8, 4) is 28.7 Å². The van der Waals surface area contributed by atoms with Crippen LogP contribution < -0.4 is 18.9 Å². The number of ether oxygens (including phenoxy) is 4. The van der Waals surface area contributed by atoms with Crippen LogP contribution in [0.2, 0.25) is 0 Å². The molecule has 0 saturated carbocycles. The van der Waals surface area contributed by atoms with Gasteiger partial charge in [-0.2, -0.15) is 0 Å². The second kappa shape index (κ2) is 7.08. The minimum Gasteiger partial charge on any atom is -0.494 e. The monoisotopic (exact) mass is 325 g/mol. The highest BCUT2D eigenvalue weighted by molar-refractivity contribution is 5.88. The van der Waals surface area contributed by atoms with E-state index in [1.54, 1.807) is 20.4 Å². The Hall–Kier alpha value is -2.95. The molecule has 0 radical (unpaired) electrons. The van der Waals surface area contributed by atoms with Crippen molar-refractivity contribution >= 4 is 10.9 Å². The molecule has 1 aromatic heterocycles. The quantitative estimate of drug-likeness (QED) is 0.670. The molecule has 24 heavy (non-hydrogen) atoms. The van der Waals surface area contributed by atoms with Crippen LogP contribution in [0.25, 0.3) is 10.9 Å². The molecule has 5 nitrogen and oxygen atoms in total. The number of hydrogen-bond donors (Lipinski definition) is 0. The SMILES string of the molecule is CCOc1cccc(Oc2ccnc3cc(OC)c(OC)cc23)c1. The smallest absolute Gasteiger partial charge is 0.162 e. The van der Waals surface area contributed by atoms with Crippen LogP contribution in [-0.2, 0) is 0 Å². The third-order valence-electron chi connectivity index (χ3n) is 3.55. The van der Waals surface area contributed by atoms with Crippen molar-refractivity contribution in [2.45, 2.75) is 6.92 Å². The van der Waals surface area contributed by atoms with E-state index in [0.717, 1.165) is 16.7 Å². The highest BCUT2D eigenvalue weighted by atomic mass is 16.5. The summed E-state index contributed by atoms with van der Waals surface area (Å²) in [5, 5.41) is 0.844. The topological polar surface area (TPSA) is 49.8 Å². The molecule has 124 valence electrons. The Morgan fingerprint density at radius 1 is 0.875 bits per heavy atom. The lowest BCUT2D eigenvalue weighted by Crippen LogP contribution is -1.94. The molecule has 0 aliphatic rings. The Balaban J connectivity index is 2.01. The van der Waals surface area contributed by atoms with Crippen LogP contribution in [-0.4, -0.2) is 25.8 Å². The molecule has 0 saturated heterocycles. The van der Waals surface area contributed by atoms with E-state index in [4.69, 9.17) is 18.9 Å². The maximum Gasteiger partial charge on any atom is 0.162 e. The van der Waals surface area contributed by atoms with Crippen molar-refractivity contribution in [2.24, 2.45) is 0 Å². The Morgan fingerprint density at radius 2 is 1.62 bits per heavy atom. The lowest BCUT2D eigenvalue weighted by atomic mass is 10.2. The Bertz CT molecular complexity index is 848. The van der Waals surface area contributed by atoms with E-state index in [9.17, 15) is 0 Å². The average Bonchev–Trinajstić information content (AvgIpc) is 2.61. The maximum absolute atomic E-state index is 6.04. The first kappa shape index (κ1) is 15.9. The van der Waals surface area contributed by atoms with Gasteiger partial charge in [0.2, 0.25) is 0 Å². The summed E-state index contributed by atoms with van der Waals surface area (Å²) in [5.74, 6) is 3.42. The zero-order valence-electron chi connectivity index (χ0n) is 13.9. The summed E-state index contributed by atoms with van der Waals surface area (Å²) in [5.41, 5.74) is 0.770. The molecular formula is C19H19NO4. The van der Waals surface area contributed by atoms with Crippen molar-refractivity contribution in [1.29, 1.82) is 0 Å². The largest absolute Gasteiger partial charge is 0.494 e. The van der Waals surface area contributed by atoms with Gasteiger partial charge >= 0.3 is 0 Å². The van der Waals surface area contributed by atoms with E-state index < -0.39 is 0 Å². The third-order valence-corrected chi connectivity index (χ3v) is 3.55. The molecule has 3 aromatic rings. The van der Waals surface area contributed by atoms with Crippen LogP contribution in [0.5, 0.6) is 28.7 Å². The number of pyridine rings is 1. The normalized spacial score (nSPS) is 10.5. The van der Waals surface area contributed by atoms with Crippen molar-refractivity contribution in [3.05, 3.63) is 48.7 Å². The summed E-state index contributed by atoms with van der Waals surface area (Å²) in [6, 6.07) is 13.1. The lowest BCUT2D eigenvalue weighted by Gasteiger charge is -2.13. The molecule has 0 fully saturated rings. The van der Waals surface area contributed by atoms with Crippen LogP contribution >= 0.6 is 0 Å². The molecule has 1 heterocycles. The zero-order valence-corrected chi connectivity index (χ0v) is 13.9. The van der Waals surface area contributed by atoms with Crippen LogP contribution in [0.4, 0.5) is 0 Å². The van der Waals surface area contributed by atoms with Gasteiger partial charge in [-0.3, -0.25) is 4.98 Å². The van der Waals surface area contributed by atoms with E-state index in [-0.39, 0.29) is 0 Å². The summed E-state index contributed by atoms with van der Waals surface area (Å²) >= 11 is 0. The van der Waals surface area contributed by atoms with Gasteiger partial charge in [0, 0.05) is 23.7 Å².